The standard InChI is InChI=1S/C13H15N3O/c1-2-9-4-3-5-11(6-9)16-13(17)12-7-10(14)8-15-12/h3-8,15H,2,14H2,1H3,(H,16,17). The van der Waals surface area contributed by atoms with E-state index in [1.165, 1.54) is 5.56 Å². The third-order valence-electron chi connectivity index (χ3n) is 2.54. The van der Waals surface area contributed by atoms with Gasteiger partial charge in [0.2, 0.25) is 0 Å². The first kappa shape index (κ1) is 11.3. The van der Waals surface area contributed by atoms with Crippen LogP contribution in [-0.2, 0) is 6.42 Å². The molecule has 4 heteroatoms. The highest BCUT2D eigenvalue weighted by atomic mass is 16.1. The summed E-state index contributed by atoms with van der Waals surface area (Å²) in [6.45, 7) is 2.08. The lowest BCUT2D eigenvalue weighted by Crippen LogP contribution is -2.12. The number of nitrogen functional groups attached to an aromatic ring is 1. The number of hydrogen-bond acceptors (Lipinski definition) is 2. The van der Waals surface area contributed by atoms with E-state index in [-0.39, 0.29) is 5.91 Å². The number of nitrogens with two attached hydrogens (primary N) is 1. The average molecular weight is 229 g/mol. The van der Waals surface area contributed by atoms with Crippen LogP contribution in [0.4, 0.5) is 11.4 Å². The van der Waals surface area contributed by atoms with E-state index in [0.29, 0.717) is 11.4 Å². The van der Waals surface area contributed by atoms with Gasteiger partial charge in [0.25, 0.3) is 5.91 Å². The zero-order valence-electron chi connectivity index (χ0n) is 9.66. The average Bonchev–Trinajstić information content (AvgIpc) is 2.76. The number of nitrogens with one attached hydrogen (secondary N) is 2. The van der Waals surface area contributed by atoms with Crippen LogP contribution in [0.3, 0.4) is 0 Å². The van der Waals surface area contributed by atoms with Gasteiger partial charge in [-0.15, -0.1) is 0 Å². The first-order valence-electron chi connectivity index (χ1n) is 5.53. The van der Waals surface area contributed by atoms with Crippen LogP contribution in [0.5, 0.6) is 0 Å². The normalized spacial score (nSPS) is 10.2. The van der Waals surface area contributed by atoms with E-state index in [9.17, 15) is 4.79 Å². The molecule has 0 bridgehead atoms. The van der Waals surface area contributed by atoms with Gasteiger partial charge in [0.05, 0.1) is 0 Å². The first-order chi connectivity index (χ1) is 8.19. The van der Waals surface area contributed by atoms with Crippen molar-refractivity contribution >= 4 is 17.3 Å². The number of rotatable bonds is 3. The molecule has 0 spiro atoms. The van der Waals surface area contributed by atoms with Crippen LogP contribution in [0, 0.1) is 0 Å². The fraction of sp³-hybridized carbons (Fsp3) is 0.154. The van der Waals surface area contributed by atoms with Gasteiger partial charge in [0.1, 0.15) is 5.69 Å². The van der Waals surface area contributed by atoms with Gasteiger partial charge >= 0.3 is 0 Å². The molecule has 88 valence electrons. The minimum Gasteiger partial charge on any atom is -0.397 e. The van der Waals surface area contributed by atoms with Crippen molar-refractivity contribution in [2.75, 3.05) is 11.1 Å². The maximum absolute atomic E-state index is 11.8. The summed E-state index contributed by atoms with van der Waals surface area (Å²) in [4.78, 5) is 14.6. The second-order valence-electron chi connectivity index (χ2n) is 3.85. The van der Waals surface area contributed by atoms with E-state index < -0.39 is 0 Å². The molecule has 1 heterocycles. The molecule has 0 aliphatic heterocycles. The molecule has 0 unspecified atom stereocenters. The maximum atomic E-state index is 11.8. The van der Waals surface area contributed by atoms with Crippen LogP contribution in [0.2, 0.25) is 0 Å². The van der Waals surface area contributed by atoms with E-state index in [4.69, 9.17) is 5.73 Å². The quantitative estimate of drug-likeness (QED) is 0.756. The van der Waals surface area contributed by atoms with Gasteiger partial charge in [-0.1, -0.05) is 19.1 Å². The van der Waals surface area contributed by atoms with Crippen LogP contribution in [0.25, 0.3) is 0 Å². The first-order valence-corrected chi connectivity index (χ1v) is 5.53. The number of hydrogen-bond donors (Lipinski definition) is 3. The number of aryl methyl sites for hydroxylation is 1. The number of aromatic nitrogens is 1. The molecular formula is C13H15N3O. The Bertz CT molecular complexity index is 531. The van der Waals surface area contributed by atoms with Gasteiger partial charge in [-0.05, 0) is 30.2 Å². The van der Waals surface area contributed by atoms with Crippen molar-refractivity contribution in [3.8, 4) is 0 Å². The van der Waals surface area contributed by atoms with Gasteiger partial charge in [0, 0.05) is 17.6 Å². The van der Waals surface area contributed by atoms with Crippen molar-refractivity contribution in [3.63, 3.8) is 0 Å². The summed E-state index contributed by atoms with van der Waals surface area (Å²) < 4.78 is 0. The molecular weight excluding hydrogens is 214 g/mol. The number of benzene rings is 1. The Morgan fingerprint density at radius 3 is 2.88 bits per heavy atom. The molecule has 0 fully saturated rings. The third-order valence-corrected chi connectivity index (χ3v) is 2.54. The summed E-state index contributed by atoms with van der Waals surface area (Å²) in [7, 11) is 0. The van der Waals surface area contributed by atoms with Gasteiger partial charge in [-0.2, -0.15) is 0 Å². The molecule has 0 atom stereocenters. The van der Waals surface area contributed by atoms with Gasteiger partial charge in [-0.25, -0.2) is 0 Å². The molecule has 4 N–H and O–H groups in total. The molecule has 0 aliphatic carbocycles. The Labute approximate surface area is 99.8 Å². The zero-order chi connectivity index (χ0) is 12.3. The van der Waals surface area contributed by atoms with E-state index in [2.05, 4.69) is 17.2 Å². The molecule has 1 amide bonds. The van der Waals surface area contributed by atoms with Crippen LogP contribution in [0.1, 0.15) is 23.0 Å². The Morgan fingerprint density at radius 1 is 1.41 bits per heavy atom. The van der Waals surface area contributed by atoms with E-state index in [1.54, 1.807) is 12.3 Å². The molecule has 0 saturated carbocycles. The van der Waals surface area contributed by atoms with E-state index in [0.717, 1.165) is 12.1 Å². The predicted octanol–water partition coefficient (Wildman–Crippen LogP) is 2.41. The monoisotopic (exact) mass is 229 g/mol. The topological polar surface area (TPSA) is 70.9 Å². The summed E-state index contributed by atoms with van der Waals surface area (Å²) in [6, 6.07) is 9.40. The Balaban J connectivity index is 2.12. The molecule has 1 aromatic heterocycles. The van der Waals surface area contributed by atoms with Crippen molar-refractivity contribution in [2.24, 2.45) is 0 Å². The van der Waals surface area contributed by atoms with Crippen LogP contribution < -0.4 is 11.1 Å². The minimum absolute atomic E-state index is 0.185. The number of carbonyl (C=O) groups excluding carboxylic acids is 1. The predicted molar refractivity (Wildman–Crippen MR) is 69.0 cm³/mol. The van der Waals surface area contributed by atoms with Crippen molar-refractivity contribution in [1.82, 2.24) is 4.98 Å². The highest BCUT2D eigenvalue weighted by Crippen LogP contribution is 2.13. The van der Waals surface area contributed by atoms with E-state index in [1.807, 2.05) is 24.3 Å². The lowest BCUT2D eigenvalue weighted by molar-refractivity contribution is 0.102. The Kier molecular flexibility index (Phi) is 3.14. The largest absolute Gasteiger partial charge is 0.397 e. The van der Waals surface area contributed by atoms with Gasteiger partial charge in [-0.3, -0.25) is 4.79 Å². The SMILES string of the molecule is CCc1cccc(NC(=O)c2cc(N)c[nH]2)c1. The molecule has 4 nitrogen and oxygen atoms in total. The third kappa shape index (κ3) is 2.66. The molecule has 0 radical (unpaired) electrons. The lowest BCUT2D eigenvalue weighted by atomic mass is 10.1. The molecule has 1 aromatic carbocycles. The van der Waals surface area contributed by atoms with Crippen molar-refractivity contribution in [3.05, 3.63) is 47.8 Å². The summed E-state index contributed by atoms with van der Waals surface area (Å²) in [5.41, 5.74) is 8.54. The van der Waals surface area contributed by atoms with Crippen molar-refractivity contribution in [1.29, 1.82) is 0 Å². The number of carbonyl (C=O) groups is 1. The van der Waals surface area contributed by atoms with Crippen LogP contribution in [-0.4, -0.2) is 10.9 Å². The fourth-order valence-electron chi connectivity index (χ4n) is 1.61. The summed E-state index contributed by atoms with van der Waals surface area (Å²) in [5, 5.41) is 2.82. The van der Waals surface area contributed by atoms with E-state index >= 15 is 0 Å². The smallest absolute Gasteiger partial charge is 0.272 e. The second-order valence-corrected chi connectivity index (χ2v) is 3.85. The number of anilines is 2. The van der Waals surface area contributed by atoms with Crippen molar-refractivity contribution in [2.45, 2.75) is 13.3 Å². The molecule has 17 heavy (non-hydrogen) atoms. The summed E-state index contributed by atoms with van der Waals surface area (Å²) >= 11 is 0. The zero-order valence-corrected chi connectivity index (χ0v) is 9.66. The number of aromatic amines is 1. The molecule has 2 rings (SSSR count). The Morgan fingerprint density at radius 2 is 2.24 bits per heavy atom. The lowest BCUT2D eigenvalue weighted by Gasteiger charge is -2.05. The maximum Gasteiger partial charge on any atom is 0.272 e. The van der Waals surface area contributed by atoms with Gasteiger partial charge < -0.3 is 16.0 Å². The highest BCUT2D eigenvalue weighted by molar-refractivity contribution is 6.03. The van der Waals surface area contributed by atoms with Crippen molar-refractivity contribution < 1.29 is 4.79 Å². The summed E-state index contributed by atoms with van der Waals surface area (Å²) in [6.07, 6.45) is 2.54. The fourth-order valence-corrected chi connectivity index (χ4v) is 1.61. The number of H-pyrrole nitrogens is 1. The second kappa shape index (κ2) is 4.74. The molecule has 0 aliphatic rings. The summed E-state index contributed by atoms with van der Waals surface area (Å²) in [5.74, 6) is -0.185. The molecule has 2 aromatic rings. The van der Waals surface area contributed by atoms with Crippen LogP contribution >= 0.6 is 0 Å². The minimum atomic E-state index is -0.185. The molecule has 0 saturated heterocycles. The van der Waals surface area contributed by atoms with Gasteiger partial charge in [0.15, 0.2) is 0 Å². The highest BCUT2D eigenvalue weighted by Gasteiger charge is 2.07. The van der Waals surface area contributed by atoms with Crippen LogP contribution in [0.15, 0.2) is 36.5 Å². The Hall–Kier alpha value is -2.23. The number of amides is 1.